The van der Waals surface area contributed by atoms with Gasteiger partial charge >= 0.3 is 0 Å². The summed E-state index contributed by atoms with van der Waals surface area (Å²) < 4.78 is 5.28. The third-order valence-electron chi connectivity index (χ3n) is 3.65. The molecular formula is C13H24N2O3. The van der Waals surface area contributed by atoms with Crippen LogP contribution >= 0.6 is 0 Å². The molecule has 1 fully saturated rings. The van der Waals surface area contributed by atoms with Crippen molar-refractivity contribution in [2.24, 2.45) is 11.1 Å². The molecule has 0 saturated carbocycles. The zero-order chi connectivity index (χ0) is 13.8. The average Bonchev–Trinajstić information content (AvgIpc) is 2.37. The van der Waals surface area contributed by atoms with Gasteiger partial charge in [0, 0.05) is 32.5 Å². The molecule has 1 amide bonds. The maximum absolute atomic E-state index is 12.2. The van der Waals surface area contributed by atoms with Crippen molar-refractivity contribution in [2.75, 3.05) is 20.2 Å². The second-order valence-electron chi connectivity index (χ2n) is 5.43. The first-order valence-electron chi connectivity index (χ1n) is 6.47. The fraction of sp³-hybridized carbons (Fsp3) is 0.846. The Balaban J connectivity index is 2.61. The Kier molecular flexibility index (Phi) is 5.14. The van der Waals surface area contributed by atoms with Crippen LogP contribution in [-0.2, 0) is 9.53 Å². The number of oxime groups is 1. The quantitative estimate of drug-likeness (QED) is 0.617. The van der Waals surface area contributed by atoms with Crippen molar-refractivity contribution < 1.29 is 14.7 Å². The zero-order valence-corrected chi connectivity index (χ0v) is 11.8. The number of ether oxygens (including phenoxy) is 1. The molecule has 0 radical (unpaired) electrons. The van der Waals surface area contributed by atoms with E-state index in [-0.39, 0.29) is 11.8 Å². The van der Waals surface area contributed by atoms with Crippen molar-refractivity contribution in [1.29, 1.82) is 0 Å². The molecule has 0 spiro atoms. The first-order chi connectivity index (χ1) is 8.43. The molecule has 1 unspecified atom stereocenters. The van der Waals surface area contributed by atoms with Crippen molar-refractivity contribution in [1.82, 2.24) is 4.90 Å². The van der Waals surface area contributed by atoms with Gasteiger partial charge in [0.05, 0.1) is 17.7 Å². The third-order valence-corrected chi connectivity index (χ3v) is 3.65. The summed E-state index contributed by atoms with van der Waals surface area (Å²) in [7, 11) is 1.62. The van der Waals surface area contributed by atoms with Gasteiger partial charge in [0.15, 0.2) is 0 Å². The van der Waals surface area contributed by atoms with Crippen LogP contribution in [0.15, 0.2) is 5.16 Å². The number of hydrogen-bond acceptors (Lipinski definition) is 4. The van der Waals surface area contributed by atoms with Crippen LogP contribution in [0.2, 0.25) is 0 Å². The highest BCUT2D eigenvalue weighted by atomic mass is 16.5. The van der Waals surface area contributed by atoms with Crippen molar-refractivity contribution in [3.63, 3.8) is 0 Å². The van der Waals surface area contributed by atoms with Gasteiger partial charge in [-0.1, -0.05) is 12.1 Å². The molecule has 0 aliphatic carbocycles. The van der Waals surface area contributed by atoms with Crippen LogP contribution in [-0.4, -0.2) is 47.5 Å². The molecule has 5 nitrogen and oxygen atoms in total. The van der Waals surface area contributed by atoms with Crippen molar-refractivity contribution in [2.45, 2.75) is 45.6 Å². The van der Waals surface area contributed by atoms with Crippen LogP contribution in [0.1, 0.15) is 40.0 Å². The number of carbonyl (C=O) groups excluding carboxylic acids is 1. The molecule has 1 aliphatic rings. The molecule has 5 heteroatoms. The third kappa shape index (κ3) is 3.70. The van der Waals surface area contributed by atoms with E-state index in [0.717, 1.165) is 12.1 Å². The van der Waals surface area contributed by atoms with Crippen molar-refractivity contribution >= 4 is 11.6 Å². The number of methoxy groups -OCH3 is 1. The summed E-state index contributed by atoms with van der Waals surface area (Å²) in [5.41, 5.74) is 0.386. The first kappa shape index (κ1) is 15.0. The second kappa shape index (κ2) is 6.18. The Hall–Kier alpha value is -1.10. The number of rotatable bonds is 4. The van der Waals surface area contributed by atoms with Crippen molar-refractivity contribution in [3.8, 4) is 0 Å². The molecule has 1 rings (SSSR count). The van der Waals surface area contributed by atoms with Gasteiger partial charge in [0.25, 0.3) is 0 Å². The average molecular weight is 256 g/mol. The summed E-state index contributed by atoms with van der Waals surface area (Å²) in [5, 5.41) is 12.2. The van der Waals surface area contributed by atoms with Gasteiger partial charge in [-0.3, -0.25) is 4.79 Å². The maximum Gasteiger partial charge on any atom is 0.225 e. The van der Waals surface area contributed by atoms with E-state index < -0.39 is 5.60 Å². The predicted molar refractivity (Wildman–Crippen MR) is 69.9 cm³/mol. The molecule has 1 aliphatic heterocycles. The number of piperidine rings is 1. The van der Waals surface area contributed by atoms with E-state index in [1.807, 2.05) is 25.7 Å². The van der Waals surface area contributed by atoms with Crippen LogP contribution in [0, 0.1) is 5.92 Å². The second-order valence-corrected chi connectivity index (χ2v) is 5.43. The Morgan fingerprint density at radius 1 is 1.61 bits per heavy atom. The Labute approximate surface area is 109 Å². The van der Waals surface area contributed by atoms with Gasteiger partial charge in [-0.25, -0.2) is 0 Å². The SMILES string of the molecule is CCC1CN(C(=O)CC(C)(C)OC)CCC1=NO. The molecule has 0 aromatic rings. The molecule has 18 heavy (non-hydrogen) atoms. The molecule has 0 bridgehead atoms. The normalized spacial score (nSPS) is 23.4. The minimum absolute atomic E-state index is 0.109. The highest BCUT2D eigenvalue weighted by molar-refractivity contribution is 5.89. The topological polar surface area (TPSA) is 62.1 Å². The standard InChI is InChI=1S/C13H24N2O3/c1-5-10-9-15(7-6-11(10)14-17)12(16)8-13(2,3)18-4/h10,17H,5-9H2,1-4H3. The minimum Gasteiger partial charge on any atom is -0.411 e. The van der Waals surface area contributed by atoms with E-state index in [0.29, 0.717) is 25.9 Å². The highest BCUT2D eigenvalue weighted by Gasteiger charge is 2.30. The Bertz CT molecular complexity index is 326. The molecule has 104 valence electrons. The summed E-state index contributed by atoms with van der Waals surface area (Å²) in [5.74, 6) is 0.288. The van der Waals surface area contributed by atoms with Crippen LogP contribution in [0.25, 0.3) is 0 Å². The summed E-state index contributed by atoms with van der Waals surface area (Å²) in [4.78, 5) is 14.0. The lowest BCUT2D eigenvalue weighted by molar-refractivity contribution is -0.137. The summed E-state index contributed by atoms with van der Waals surface area (Å²) in [6.45, 7) is 7.14. The Morgan fingerprint density at radius 2 is 2.28 bits per heavy atom. The van der Waals surface area contributed by atoms with Gasteiger partial charge in [-0.15, -0.1) is 0 Å². The number of carbonyl (C=O) groups is 1. The fourth-order valence-corrected chi connectivity index (χ4v) is 2.19. The first-order valence-corrected chi connectivity index (χ1v) is 6.47. The minimum atomic E-state index is -0.426. The maximum atomic E-state index is 12.2. The van der Waals surface area contributed by atoms with Gasteiger partial charge in [0.2, 0.25) is 5.91 Å². The van der Waals surface area contributed by atoms with Crippen LogP contribution in [0.4, 0.5) is 0 Å². The van der Waals surface area contributed by atoms with Gasteiger partial charge in [-0.05, 0) is 20.3 Å². The lowest BCUT2D eigenvalue weighted by atomic mass is 9.92. The van der Waals surface area contributed by atoms with E-state index in [2.05, 4.69) is 5.16 Å². The lowest BCUT2D eigenvalue weighted by Gasteiger charge is -2.34. The van der Waals surface area contributed by atoms with Gasteiger partial charge < -0.3 is 14.8 Å². The van der Waals surface area contributed by atoms with Crippen LogP contribution in [0.3, 0.4) is 0 Å². The molecule has 0 aromatic heterocycles. The van der Waals surface area contributed by atoms with Gasteiger partial charge in [0.1, 0.15) is 0 Å². The van der Waals surface area contributed by atoms with E-state index in [4.69, 9.17) is 9.94 Å². The molecular weight excluding hydrogens is 232 g/mol. The Morgan fingerprint density at radius 3 is 2.78 bits per heavy atom. The highest BCUT2D eigenvalue weighted by Crippen LogP contribution is 2.21. The number of likely N-dealkylation sites (tertiary alicyclic amines) is 1. The van der Waals surface area contributed by atoms with Crippen LogP contribution in [0.5, 0.6) is 0 Å². The smallest absolute Gasteiger partial charge is 0.225 e. The molecule has 0 aromatic carbocycles. The van der Waals surface area contributed by atoms with Crippen molar-refractivity contribution in [3.05, 3.63) is 0 Å². The summed E-state index contributed by atoms with van der Waals surface area (Å²) in [6.07, 6.45) is 1.93. The zero-order valence-electron chi connectivity index (χ0n) is 11.8. The fourth-order valence-electron chi connectivity index (χ4n) is 2.19. The summed E-state index contributed by atoms with van der Waals surface area (Å²) in [6, 6.07) is 0. The van der Waals surface area contributed by atoms with E-state index in [9.17, 15) is 4.79 Å². The molecule has 1 N–H and O–H groups in total. The molecule has 1 heterocycles. The molecule has 1 atom stereocenters. The number of nitrogens with zero attached hydrogens (tertiary/aromatic N) is 2. The summed E-state index contributed by atoms with van der Waals surface area (Å²) >= 11 is 0. The predicted octanol–water partition coefficient (Wildman–Crippen LogP) is 1.89. The monoisotopic (exact) mass is 256 g/mol. The largest absolute Gasteiger partial charge is 0.411 e. The number of amides is 1. The van der Waals surface area contributed by atoms with E-state index in [1.165, 1.54) is 0 Å². The molecule has 1 saturated heterocycles. The van der Waals surface area contributed by atoms with Gasteiger partial charge in [-0.2, -0.15) is 0 Å². The van der Waals surface area contributed by atoms with E-state index in [1.54, 1.807) is 7.11 Å². The number of hydrogen-bond donors (Lipinski definition) is 1. The van der Waals surface area contributed by atoms with Crippen LogP contribution < -0.4 is 0 Å². The van der Waals surface area contributed by atoms with E-state index >= 15 is 0 Å². The lowest BCUT2D eigenvalue weighted by Crippen LogP contribution is -2.46.